The molecule has 0 aliphatic carbocycles. The van der Waals surface area contributed by atoms with Gasteiger partial charge in [0.25, 0.3) is 0 Å². The highest BCUT2D eigenvalue weighted by atomic mass is 79.9. The minimum absolute atomic E-state index is 0.0926. The maximum absolute atomic E-state index is 12.1. The predicted octanol–water partition coefficient (Wildman–Crippen LogP) is 4.05. The maximum atomic E-state index is 12.1. The summed E-state index contributed by atoms with van der Waals surface area (Å²) in [6.45, 7) is 1.96. The van der Waals surface area contributed by atoms with E-state index in [2.05, 4.69) is 15.9 Å². The van der Waals surface area contributed by atoms with Crippen LogP contribution in [-0.4, -0.2) is 5.78 Å². The third-order valence-electron chi connectivity index (χ3n) is 2.17. The van der Waals surface area contributed by atoms with Gasteiger partial charge in [-0.25, -0.2) is 0 Å². The first kappa shape index (κ1) is 10.6. The number of hydrogen-bond acceptors (Lipinski definition) is 2. The Balaban J connectivity index is 2.41. The molecule has 2 aromatic rings. The first-order chi connectivity index (χ1) is 7.18. The summed E-state index contributed by atoms with van der Waals surface area (Å²) in [5.74, 6) is 0.0926. The van der Waals surface area contributed by atoms with E-state index in [1.54, 1.807) is 11.3 Å². The second kappa shape index (κ2) is 4.29. The number of aryl methyl sites for hydroxylation is 1. The number of benzene rings is 1. The molecule has 0 spiro atoms. The van der Waals surface area contributed by atoms with Crippen molar-refractivity contribution < 1.29 is 4.79 Å². The fourth-order valence-electron chi connectivity index (χ4n) is 1.42. The molecule has 0 unspecified atom stereocenters. The Hall–Kier alpha value is -0.930. The Bertz CT molecular complexity index is 488. The highest BCUT2D eigenvalue weighted by Gasteiger charge is 2.13. The van der Waals surface area contributed by atoms with Gasteiger partial charge in [0.15, 0.2) is 5.78 Å². The molecule has 0 N–H and O–H groups in total. The van der Waals surface area contributed by atoms with E-state index in [4.69, 9.17) is 0 Å². The van der Waals surface area contributed by atoms with Gasteiger partial charge in [-0.05, 0) is 28.9 Å². The second-order valence-electron chi connectivity index (χ2n) is 3.22. The Morgan fingerprint density at radius 3 is 2.47 bits per heavy atom. The summed E-state index contributed by atoms with van der Waals surface area (Å²) in [6, 6.07) is 11.2. The molecule has 1 nitrogen and oxygen atoms in total. The van der Waals surface area contributed by atoms with Crippen LogP contribution >= 0.6 is 27.3 Å². The molecule has 0 radical (unpaired) electrons. The van der Waals surface area contributed by atoms with Gasteiger partial charge >= 0.3 is 0 Å². The van der Waals surface area contributed by atoms with E-state index in [0.29, 0.717) is 0 Å². The molecule has 0 amide bonds. The number of halogens is 1. The van der Waals surface area contributed by atoms with E-state index in [1.165, 1.54) is 0 Å². The van der Waals surface area contributed by atoms with E-state index in [1.807, 2.05) is 43.3 Å². The zero-order chi connectivity index (χ0) is 10.8. The fourth-order valence-corrected chi connectivity index (χ4v) is 3.10. The topological polar surface area (TPSA) is 17.1 Å². The smallest absolute Gasteiger partial charge is 0.194 e. The van der Waals surface area contributed by atoms with Crippen LogP contribution in [0.3, 0.4) is 0 Å². The minimum Gasteiger partial charge on any atom is -0.289 e. The summed E-state index contributed by atoms with van der Waals surface area (Å²) >= 11 is 4.98. The third kappa shape index (κ3) is 2.19. The summed E-state index contributed by atoms with van der Waals surface area (Å²) in [7, 11) is 0. The largest absolute Gasteiger partial charge is 0.289 e. The molecule has 0 aliphatic rings. The number of hydrogen-bond donors (Lipinski definition) is 0. The molecular weight excluding hydrogens is 272 g/mol. The van der Waals surface area contributed by atoms with Gasteiger partial charge in [0.1, 0.15) is 0 Å². The van der Waals surface area contributed by atoms with Gasteiger partial charge in [0.05, 0.1) is 3.79 Å². The van der Waals surface area contributed by atoms with Crippen molar-refractivity contribution in [1.82, 2.24) is 0 Å². The Morgan fingerprint density at radius 1 is 1.27 bits per heavy atom. The van der Waals surface area contributed by atoms with Crippen molar-refractivity contribution in [2.24, 2.45) is 0 Å². The highest BCUT2D eigenvalue weighted by Crippen LogP contribution is 2.27. The molecular formula is C12H9BrOS. The Kier molecular flexibility index (Phi) is 3.03. The molecule has 0 saturated heterocycles. The zero-order valence-corrected chi connectivity index (χ0v) is 10.6. The Morgan fingerprint density at radius 2 is 1.93 bits per heavy atom. The van der Waals surface area contributed by atoms with Gasteiger partial charge in [-0.1, -0.05) is 30.3 Å². The molecule has 2 rings (SSSR count). The van der Waals surface area contributed by atoms with Crippen molar-refractivity contribution in [2.45, 2.75) is 6.92 Å². The molecule has 76 valence electrons. The zero-order valence-electron chi connectivity index (χ0n) is 8.16. The highest BCUT2D eigenvalue weighted by molar-refractivity contribution is 9.11. The second-order valence-corrected chi connectivity index (χ2v) is 5.85. The monoisotopic (exact) mass is 280 g/mol. The van der Waals surface area contributed by atoms with Crippen molar-refractivity contribution in [3.05, 3.63) is 56.2 Å². The molecule has 1 aromatic carbocycles. The molecule has 0 fully saturated rings. The van der Waals surface area contributed by atoms with E-state index in [-0.39, 0.29) is 5.78 Å². The van der Waals surface area contributed by atoms with Gasteiger partial charge in [-0.3, -0.25) is 4.79 Å². The lowest BCUT2D eigenvalue weighted by atomic mass is 10.0. The summed E-state index contributed by atoms with van der Waals surface area (Å²) in [5, 5.41) is 0. The summed E-state index contributed by atoms with van der Waals surface area (Å²) in [4.78, 5) is 13.1. The Labute approximate surface area is 101 Å². The molecule has 1 aromatic heterocycles. The van der Waals surface area contributed by atoms with E-state index < -0.39 is 0 Å². The van der Waals surface area contributed by atoms with Crippen LogP contribution in [0, 0.1) is 6.92 Å². The predicted molar refractivity (Wildman–Crippen MR) is 66.6 cm³/mol. The summed E-state index contributed by atoms with van der Waals surface area (Å²) in [5.41, 5.74) is 1.53. The van der Waals surface area contributed by atoms with Crippen molar-refractivity contribution in [1.29, 1.82) is 0 Å². The van der Waals surface area contributed by atoms with Gasteiger partial charge < -0.3 is 0 Å². The molecule has 1 heterocycles. The molecule has 3 heteroatoms. The van der Waals surface area contributed by atoms with Gasteiger partial charge in [0.2, 0.25) is 0 Å². The van der Waals surface area contributed by atoms with Crippen LogP contribution in [0.1, 0.15) is 20.8 Å². The van der Waals surface area contributed by atoms with Crippen LogP contribution in [0.5, 0.6) is 0 Å². The summed E-state index contributed by atoms with van der Waals surface area (Å²) in [6.07, 6.45) is 0. The minimum atomic E-state index is 0.0926. The number of rotatable bonds is 2. The van der Waals surface area contributed by atoms with Gasteiger partial charge in [-0.2, -0.15) is 0 Å². The lowest BCUT2D eigenvalue weighted by molar-refractivity contribution is 0.103. The van der Waals surface area contributed by atoms with E-state index in [0.717, 1.165) is 19.8 Å². The first-order valence-corrected chi connectivity index (χ1v) is 6.15. The fraction of sp³-hybridized carbons (Fsp3) is 0.0833. The molecule has 0 bridgehead atoms. The normalized spacial score (nSPS) is 10.3. The number of carbonyl (C=O) groups is 1. The van der Waals surface area contributed by atoms with Crippen LogP contribution in [0.15, 0.2) is 40.2 Å². The SMILES string of the molecule is Cc1sc(Br)cc1C(=O)c1ccccc1. The average Bonchev–Trinajstić information content (AvgIpc) is 2.58. The molecule has 0 aliphatic heterocycles. The van der Waals surface area contributed by atoms with Gasteiger partial charge in [-0.15, -0.1) is 11.3 Å². The van der Waals surface area contributed by atoms with E-state index >= 15 is 0 Å². The molecule has 15 heavy (non-hydrogen) atoms. The van der Waals surface area contributed by atoms with E-state index in [9.17, 15) is 4.79 Å². The van der Waals surface area contributed by atoms with Crippen molar-refractivity contribution in [3.63, 3.8) is 0 Å². The standard InChI is InChI=1S/C12H9BrOS/c1-8-10(7-11(13)15-8)12(14)9-5-3-2-4-6-9/h2-7H,1H3. The molecule has 0 atom stereocenters. The number of thiophene rings is 1. The lowest BCUT2D eigenvalue weighted by Crippen LogP contribution is -2.00. The average molecular weight is 281 g/mol. The quantitative estimate of drug-likeness (QED) is 0.759. The first-order valence-electron chi connectivity index (χ1n) is 4.54. The van der Waals surface area contributed by atoms with Crippen LogP contribution in [-0.2, 0) is 0 Å². The van der Waals surface area contributed by atoms with Crippen molar-refractivity contribution in [3.8, 4) is 0 Å². The maximum Gasteiger partial charge on any atom is 0.194 e. The number of ketones is 1. The number of carbonyl (C=O) groups excluding carboxylic acids is 1. The van der Waals surface area contributed by atoms with Crippen molar-refractivity contribution >= 4 is 33.0 Å². The van der Waals surface area contributed by atoms with Crippen molar-refractivity contribution in [2.75, 3.05) is 0 Å². The van der Waals surface area contributed by atoms with Crippen LogP contribution in [0.4, 0.5) is 0 Å². The lowest BCUT2D eigenvalue weighted by Gasteiger charge is -1.98. The van der Waals surface area contributed by atoms with Gasteiger partial charge in [0, 0.05) is 16.0 Å². The van der Waals surface area contributed by atoms with Crippen LogP contribution in [0.25, 0.3) is 0 Å². The molecule has 0 saturated carbocycles. The third-order valence-corrected chi connectivity index (χ3v) is 3.72. The van der Waals surface area contributed by atoms with Crippen LogP contribution < -0.4 is 0 Å². The summed E-state index contributed by atoms with van der Waals surface area (Å²) < 4.78 is 0.999. The van der Waals surface area contributed by atoms with Crippen LogP contribution in [0.2, 0.25) is 0 Å².